The van der Waals surface area contributed by atoms with Gasteiger partial charge in [0.15, 0.2) is 0 Å². The van der Waals surface area contributed by atoms with E-state index in [1.54, 1.807) is 0 Å². The fourth-order valence-corrected chi connectivity index (χ4v) is 4.49. The maximum Gasteiger partial charge on any atom is 0.241 e. The molecule has 0 aliphatic heterocycles. The highest BCUT2D eigenvalue weighted by Crippen LogP contribution is 2.17. The summed E-state index contributed by atoms with van der Waals surface area (Å²) in [5.41, 5.74) is 1.45. The maximum absolute atomic E-state index is 12.4. The highest BCUT2D eigenvalue weighted by Gasteiger charge is 2.21. The number of nitrogens with one attached hydrogen (secondary N) is 2. The van der Waals surface area contributed by atoms with Gasteiger partial charge in [0.1, 0.15) is 0 Å². The van der Waals surface area contributed by atoms with E-state index in [2.05, 4.69) is 10.0 Å². The fourth-order valence-electron chi connectivity index (χ4n) is 2.20. The molecule has 9 heteroatoms. The Kier molecular flexibility index (Phi) is 7.40. The summed E-state index contributed by atoms with van der Waals surface area (Å²) in [6.07, 6.45) is 0. The molecule has 0 radical (unpaired) electrons. The lowest BCUT2D eigenvalue weighted by molar-refractivity contribution is -0.307. The molecule has 1 atom stereocenters. The molecule has 0 bridgehead atoms. The summed E-state index contributed by atoms with van der Waals surface area (Å²) < 4.78 is 27.0. The molecule has 0 aromatic heterocycles. The third-order valence-corrected chi connectivity index (χ3v) is 6.06. The number of sulfonamides is 1. The van der Waals surface area contributed by atoms with Gasteiger partial charge in [-0.2, -0.15) is 11.8 Å². The van der Waals surface area contributed by atoms with Gasteiger partial charge in [0.25, 0.3) is 0 Å². The zero-order valence-electron chi connectivity index (χ0n) is 14.5. The zero-order chi connectivity index (χ0) is 19.9. The molecule has 1 amide bonds. The Labute approximate surface area is 162 Å². The molecule has 0 aliphatic carbocycles. The number of carbonyl (C=O) groups is 2. The smallest absolute Gasteiger partial charge is 0.241 e. The second kappa shape index (κ2) is 9.54. The van der Waals surface area contributed by atoms with Gasteiger partial charge in [-0.1, -0.05) is 30.3 Å². The molecule has 2 N–H and O–H groups in total. The van der Waals surface area contributed by atoms with Crippen LogP contribution in [0, 0.1) is 0 Å². The van der Waals surface area contributed by atoms with E-state index in [1.165, 1.54) is 43.0 Å². The third kappa shape index (κ3) is 6.70. The first-order chi connectivity index (χ1) is 12.8. The van der Waals surface area contributed by atoms with E-state index in [4.69, 9.17) is 0 Å². The molecule has 0 fully saturated rings. The lowest BCUT2D eigenvalue weighted by Gasteiger charge is -2.19. The number of carboxylic acid groups (broad SMARTS) is 1. The van der Waals surface area contributed by atoms with E-state index >= 15 is 0 Å². The van der Waals surface area contributed by atoms with Crippen LogP contribution >= 0.6 is 11.8 Å². The Bertz CT molecular complexity index is 884. The summed E-state index contributed by atoms with van der Waals surface area (Å²) >= 11 is 1.29. The standard InChI is InChI=1S/C18H20N2O5S2/c1-13(21)19-15-7-9-16(10-8-15)27(24,25)20-17(18(22)23)12-26-11-14-5-3-2-4-6-14/h2-10,17,20H,11-12H2,1H3,(H,19,21)(H,22,23)/p-1/t17-/m0/s1. The lowest BCUT2D eigenvalue weighted by Crippen LogP contribution is -2.49. The van der Waals surface area contributed by atoms with Crippen LogP contribution < -0.4 is 15.1 Å². The number of aliphatic carboxylic acids is 1. The zero-order valence-corrected chi connectivity index (χ0v) is 16.2. The molecule has 0 heterocycles. The minimum Gasteiger partial charge on any atom is -0.548 e. The Hall–Kier alpha value is -2.36. The van der Waals surface area contributed by atoms with Crippen molar-refractivity contribution in [1.29, 1.82) is 0 Å². The highest BCUT2D eigenvalue weighted by atomic mass is 32.2. The Morgan fingerprint density at radius 1 is 1.07 bits per heavy atom. The van der Waals surface area contributed by atoms with Gasteiger partial charge in [0.2, 0.25) is 15.9 Å². The van der Waals surface area contributed by atoms with E-state index in [1.807, 2.05) is 30.3 Å². The number of carbonyl (C=O) groups excluding carboxylic acids is 2. The summed E-state index contributed by atoms with van der Waals surface area (Å²) in [5.74, 6) is -1.19. The molecule has 144 valence electrons. The van der Waals surface area contributed by atoms with Crippen LogP contribution in [0.25, 0.3) is 0 Å². The van der Waals surface area contributed by atoms with Gasteiger partial charge in [-0.25, -0.2) is 13.1 Å². The molecule has 2 aromatic rings. The quantitative estimate of drug-likeness (QED) is 0.640. The van der Waals surface area contributed by atoms with Crippen molar-refractivity contribution in [1.82, 2.24) is 4.72 Å². The van der Waals surface area contributed by atoms with Crippen molar-refractivity contribution in [3.63, 3.8) is 0 Å². The van der Waals surface area contributed by atoms with Crippen molar-refractivity contribution in [3.05, 3.63) is 60.2 Å². The summed E-state index contributed by atoms with van der Waals surface area (Å²) in [5, 5.41) is 13.9. The third-order valence-electron chi connectivity index (χ3n) is 3.46. The Balaban J connectivity index is 2.01. The first-order valence-corrected chi connectivity index (χ1v) is 10.6. The van der Waals surface area contributed by atoms with Gasteiger partial charge in [0.05, 0.1) is 16.9 Å². The second-order valence-corrected chi connectivity index (χ2v) is 8.44. The van der Waals surface area contributed by atoms with Crippen LogP contribution in [0.1, 0.15) is 12.5 Å². The molecule has 2 aromatic carbocycles. The normalized spacial score (nSPS) is 12.3. The van der Waals surface area contributed by atoms with Crippen LogP contribution in [-0.4, -0.2) is 32.1 Å². The van der Waals surface area contributed by atoms with Crippen LogP contribution in [-0.2, 0) is 25.4 Å². The van der Waals surface area contributed by atoms with Crippen molar-refractivity contribution < 1.29 is 23.1 Å². The van der Waals surface area contributed by atoms with Gasteiger partial charge < -0.3 is 15.2 Å². The number of hydrogen-bond donors (Lipinski definition) is 2. The fraction of sp³-hybridized carbons (Fsp3) is 0.222. The molecule has 0 saturated carbocycles. The van der Waals surface area contributed by atoms with Crippen LogP contribution in [0.3, 0.4) is 0 Å². The average Bonchev–Trinajstić information content (AvgIpc) is 2.61. The van der Waals surface area contributed by atoms with Crippen LogP contribution in [0.15, 0.2) is 59.5 Å². The van der Waals surface area contributed by atoms with E-state index in [0.29, 0.717) is 11.4 Å². The van der Waals surface area contributed by atoms with Crippen LogP contribution in [0.4, 0.5) is 5.69 Å². The first-order valence-electron chi connectivity index (χ1n) is 8.00. The molecule has 27 heavy (non-hydrogen) atoms. The van der Waals surface area contributed by atoms with Gasteiger partial charge >= 0.3 is 0 Å². The van der Waals surface area contributed by atoms with Gasteiger partial charge in [-0.05, 0) is 29.8 Å². The summed E-state index contributed by atoms with van der Waals surface area (Å²) in [6, 6.07) is 13.5. The van der Waals surface area contributed by atoms with Gasteiger partial charge in [-0.15, -0.1) is 0 Å². The second-order valence-electron chi connectivity index (χ2n) is 5.70. The van der Waals surface area contributed by atoms with Crippen molar-refractivity contribution in [2.24, 2.45) is 0 Å². The molecular formula is C18H19N2O5S2-. The lowest BCUT2D eigenvalue weighted by atomic mass is 10.2. The molecule has 0 aliphatic rings. The minimum atomic E-state index is -4.04. The largest absolute Gasteiger partial charge is 0.548 e. The number of hydrogen-bond acceptors (Lipinski definition) is 6. The Morgan fingerprint density at radius 2 is 1.70 bits per heavy atom. The molecule has 0 unspecified atom stereocenters. The van der Waals surface area contributed by atoms with Crippen LogP contribution in [0.2, 0.25) is 0 Å². The van der Waals surface area contributed by atoms with Crippen LogP contribution in [0.5, 0.6) is 0 Å². The number of thioether (sulfide) groups is 1. The average molecular weight is 407 g/mol. The number of amides is 1. The van der Waals surface area contributed by atoms with E-state index in [-0.39, 0.29) is 16.6 Å². The number of carboxylic acids is 1. The van der Waals surface area contributed by atoms with E-state index in [9.17, 15) is 23.1 Å². The number of benzene rings is 2. The SMILES string of the molecule is CC(=O)Nc1ccc(S(=O)(=O)N[C@@H](CSCc2ccccc2)C(=O)[O-])cc1. The minimum absolute atomic E-state index is 0.0282. The Morgan fingerprint density at radius 3 is 2.26 bits per heavy atom. The first kappa shape index (κ1) is 20.9. The maximum atomic E-state index is 12.4. The monoisotopic (exact) mass is 407 g/mol. The highest BCUT2D eigenvalue weighted by molar-refractivity contribution is 7.98. The summed E-state index contributed by atoms with van der Waals surface area (Å²) in [7, 11) is -4.04. The molecule has 0 saturated heterocycles. The van der Waals surface area contributed by atoms with Crippen molar-refractivity contribution in [2.45, 2.75) is 23.6 Å². The molecule has 0 spiro atoms. The van der Waals surface area contributed by atoms with Gasteiger partial charge in [0, 0.05) is 24.1 Å². The molecule has 2 rings (SSSR count). The van der Waals surface area contributed by atoms with E-state index < -0.39 is 22.0 Å². The predicted octanol–water partition coefficient (Wildman–Crippen LogP) is 0.975. The number of rotatable bonds is 9. The van der Waals surface area contributed by atoms with E-state index in [0.717, 1.165) is 5.56 Å². The van der Waals surface area contributed by atoms with Gasteiger partial charge in [-0.3, -0.25) is 4.79 Å². The number of anilines is 1. The molecule has 7 nitrogen and oxygen atoms in total. The topological polar surface area (TPSA) is 115 Å². The summed E-state index contributed by atoms with van der Waals surface area (Å²) in [4.78, 5) is 22.2. The molecular weight excluding hydrogens is 388 g/mol. The van der Waals surface area contributed by atoms with Crippen molar-refractivity contribution >= 4 is 39.3 Å². The predicted molar refractivity (Wildman–Crippen MR) is 102 cm³/mol. The summed E-state index contributed by atoms with van der Waals surface area (Å²) in [6.45, 7) is 1.34. The van der Waals surface area contributed by atoms with Crippen molar-refractivity contribution in [3.8, 4) is 0 Å². The van der Waals surface area contributed by atoms with Crippen molar-refractivity contribution in [2.75, 3.05) is 11.1 Å².